The molecular weight excluding hydrogens is 339 g/mol. The first-order chi connectivity index (χ1) is 11.5. The van der Waals surface area contributed by atoms with Crippen LogP contribution in [-0.2, 0) is 7.05 Å². The molecule has 0 radical (unpaired) electrons. The molecule has 0 aliphatic carbocycles. The van der Waals surface area contributed by atoms with Gasteiger partial charge in [0.2, 0.25) is 11.2 Å². The van der Waals surface area contributed by atoms with Gasteiger partial charge in [0.15, 0.2) is 0 Å². The van der Waals surface area contributed by atoms with E-state index in [1.807, 2.05) is 44.4 Å². The van der Waals surface area contributed by atoms with Crippen LogP contribution in [0.4, 0.5) is 5.69 Å². The summed E-state index contributed by atoms with van der Waals surface area (Å²) in [4.78, 5) is 2.10. The van der Waals surface area contributed by atoms with Gasteiger partial charge in [0.1, 0.15) is 7.05 Å². The number of hydrogen-bond acceptors (Lipinski definition) is 1. The highest BCUT2D eigenvalue weighted by Crippen LogP contribution is 2.26. The van der Waals surface area contributed by atoms with Crippen molar-refractivity contribution in [2.75, 3.05) is 19.0 Å². The molecule has 0 fully saturated rings. The van der Waals surface area contributed by atoms with Crippen LogP contribution in [0.2, 0.25) is 10.0 Å². The third-order valence-electron chi connectivity index (χ3n) is 4.13. The van der Waals surface area contributed by atoms with Gasteiger partial charge in [-0.25, -0.2) is 0 Å². The Morgan fingerprint density at radius 1 is 0.917 bits per heavy atom. The van der Waals surface area contributed by atoms with Crippen LogP contribution in [0.5, 0.6) is 0 Å². The molecule has 2 nitrogen and oxygen atoms in total. The zero-order valence-electron chi connectivity index (χ0n) is 13.9. The second kappa shape index (κ2) is 6.84. The number of halogens is 2. The molecule has 122 valence electrons. The molecule has 1 heterocycles. The summed E-state index contributed by atoms with van der Waals surface area (Å²) in [5, 5.41) is 2.51. The summed E-state index contributed by atoms with van der Waals surface area (Å²) >= 11 is 12.5. The largest absolute Gasteiger partial charge is 0.378 e. The average molecular weight is 358 g/mol. The fraction of sp³-hybridized carbons (Fsp3) is 0.150. The second-order valence-corrected chi connectivity index (χ2v) is 6.74. The van der Waals surface area contributed by atoms with Crippen molar-refractivity contribution in [2.45, 2.75) is 0 Å². The second-order valence-electron chi connectivity index (χ2n) is 5.92. The standard InChI is InChI=1S/C20H19Cl2N2/c1-23(2)16-10-12-20-14(13-16)7-8-15(24(20)3)9-11-17-18(21)5-4-6-19(17)22/h4-13H,1-3H3/q+1/b11-9+. The van der Waals surface area contributed by atoms with E-state index >= 15 is 0 Å². The zero-order chi connectivity index (χ0) is 17.3. The number of anilines is 1. The Bertz CT molecular complexity index is 910. The minimum absolute atomic E-state index is 0.651. The Kier molecular flexibility index (Phi) is 4.79. The van der Waals surface area contributed by atoms with Crippen LogP contribution in [0.3, 0.4) is 0 Å². The van der Waals surface area contributed by atoms with E-state index in [4.69, 9.17) is 23.2 Å². The van der Waals surface area contributed by atoms with Gasteiger partial charge in [0, 0.05) is 59.0 Å². The lowest BCUT2D eigenvalue weighted by Gasteiger charge is -2.12. The van der Waals surface area contributed by atoms with Crippen LogP contribution in [0.15, 0.2) is 48.5 Å². The van der Waals surface area contributed by atoms with Gasteiger partial charge in [-0.3, -0.25) is 0 Å². The molecule has 0 saturated heterocycles. The van der Waals surface area contributed by atoms with Crippen molar-refractivity contribution in [2.24, 2.45) is 7.05 Å². The summed E-state index contributed by atoms with van der Waals surface area (Å²) in [7, 11) is 6.16. The summed E-state index contributed by atoms with van der Waals surface area (Å²) in [6, 6.07) is 16.2. The van der Waals surface area contributed by atoms with E-state index in [1.165, 1.54) is 16.6 Å². The molecule has 0 N–H and O–H groups in total. The highest BCUT2D eigenvalue weighted by molar-refractivity contribution is 6.37. The SMILES string of the molecule is CN(C)c1ccc2c(ccc(/C=C/c3c(Cl)cccc3Cl)[n+]2C)c1. The molecule has 3 aromatic rings. The molecule has 0 unspecified atom stereocenters. The van der Waals surface area contributed by atoms with Crippen molar-refractivity contribution in [3.8, 4) is 0 Å². The van der Waals surface area contributed by atoms with E-state index in [9.17, 15) is 0 Å². The Labute approximate surface area is 152 Å². The Balaban J connectivity index is 2.03. The molecule has 4 heteroatoms. The summed E-state index contributed by atoms with van der Waals surface area (Å²) in [6.07, 6.45) is 3.99. The van der Waals surface area contributed by atoms with E-state index < -0.39 is 0 Å². The van der Waals surface area contributed by atoms with E-state index in [0.29, 0.717) is 10.0 Å². The van der Waals surface area contributed by atoms with Crippen molar-refractivity contribution in [3.05, 3.63) is 69.8 Å². The monoisotopic (exact) mass is 357 g/mol. The molecular formula is C20H19Cl2N2+. The minimum Gasteiger partial charge on any atom is -0.378 e. The van der Waals surface area contributed by atoms with Crippen LogP contribution in [0, 0.1) is 0 Å². The number of pyridine rings is 1. The van der Waals surface area contributed by atoms with Crippen molar-refractivity contribution < 1.29 is 4.57 Å². The van der Waals surface area contributed by atoms with E-state index in [1.54, 1.807) is 0 Å². The maximum absolute atomic E-state index is 6.23. The molecule has 1 aromatic heterocycles. The summed E-state index contributed by atoms with van der Waals surface area (Å²) < 4.78 is 2.16. The van der Waals surface area contributed by atoms with Gasteiger partial charge in [0.05, 0.1) is 0 Å². The number of hydrogen-bond donors (Lipinski definition) is 0. The van der Waals surface area contributed by atoms with Crippen molar-refractivity contribution in [1.82, 2.24) is 0 Å². The first-order valence-corrected chi connectivity index (χ1v) is 8.45. The molecule has 0 aliphatic rings. The van der Waals surface area contributed by atoms with Crippen LogP contribution in [-0.4, -0.2) is 14.1 Å². The number of fused-ring (bicyclic) bond motifs is 1. The molecule has 0 bridgehead atoms. The normalized spacial score (nSPS) is 11.4. The lowest BCUT2D eigenvalue weighted by molar-refractivity contribution is -0.646. The van der Waals surface area contributed by atoms with E-state index in [-0.39, 0.29) is 0 Å². The quantitative estimate of drug-likeness (QED) is 0.583. The van der Waals surface area contributed by atoms with Gasteiger partial charge in [0.25, 0.3) is 0 Å². The molecule has 2 aromatic carbocycles. The van der Waals surface area contributed by atoms with Crippen molar-refractivity contribution in [3.63, 3.8) is 0 Å². The molecule has 0 amide bonds. The highest BCUT2D eigenvalue weighted by Gasteiger charge is 2.11. The number of benzene rings is 2. The van der Waals surface area contributed by atoms with Crippen LogP contribution in [0.1, 0.15) is 11.3 Å². The maximum atomic E-state index is 6.23. The first-order valence-electron chi connectivity index (χ1n) is 7.69. The number of aromatic nitrogens is 1. The fourth-order valence-electron chi connectivity index (χ4n) is 2.69. The smallest absolute Gasteiger partial charge is 0.212 e. The maximum Gasteiger partial charge on any atom is 0.212 e. The average Bonchev–Trinajstić information content (AvgIpc) is 2.56. The molecule has 0 aliphatic heterocycles. The van der Waals surface area contributed by atoms with Gasteiger partial charge in [-0.05, 0) is 36.4 Å². The van der Waals surface area contributed by atoms with E-state index in [0.717, 1.165) is 11.3 Å². The Morgan fingerprint density at radius 3 is 2.29 bits per heavy atom. The third kappa shape index (κ3) is 3.26. The minimum atomic E-state index is 0.651. The molecule has 0 saturated carbocycles. The molecule has 0 spiro atoms. The third-order valence-corrected chi connectivity index (χ3v) is 4.79. The first kappa shape index (κ1) is 16.8. The topological polar surface area (TPSA) is 7.12 Å². The zero-order valence-corrected chi connectivity index (χ0v) is 15.4. The Hall–Kier alpha value is -2.03. The van der Waals surface area contributed by atoms with Crippen LogP contribution < -0.4 is 9.47 Å². The van der Waals surface area contributed by atoms with Gasteiger partial charge < -0.3 is 4.90 Å². The van der Waals surface area contributed by atoms with Crippen molar-refractivity contribution in [1.29, 1.82) is 0 Å². The predicted molar refractivity (Wildman–Crippen MR) is 105 cm³/mol. The van der Waals surface area contributed by atoms with Crippen LogP contribution in [0.25, 0.3) is 23.1 Å². The Morgan fingerprint density at radius 2 is 1.62 bits per heavy atom. The van der Waals surface area contributed by atoms with Gasteiger partial charge in [-0.15, -0.1) is 0 Å². The number of nitrogens with zero attached hydrogens (tertiary/aromatic N) is 2. The van der Waals surface area contributed by atoms with Crippen LogP contribution >= 0.6 is 23.2 Å². The highest BCUT2D eigenvalue weighted by atomic mass is 35.5. The lowest BCUT2D eigenvalue weighted by Crippen LogP contribution is -2.32. The molecule has 3 rings (SSSR count). The predicted octanol–water partition coefficient (Wildman–Crippen LogP) is 5.21. The lowest BCUT2D eigenvalue weighted by atomic mass is 10.1. The van der Waals surface area contributed by atoms with Gasteiger partial charge in [-0.2, -0.15) is 4.57 Å². The summed E-state index contributed by atoms with van der Waals surface area (Å²) in [5.41, 5.74) is 4.28. The number of aryl methyl sites for hydroxylation is 1. The summed E-state index contributed by atoms with van der Waals surface area (Å²) in [6.45, 7) is 0. The van der Waals surface area contributed by atoms with Gasteiger partial charge in [-0.1, -0.05) is 29.3 Å². The molecule has 24 heavy (non-hydrogen) atoms. The fourth-order valence-corrected chi connectivity index (χ4v) is 3.21. The number of rotatable bonds is 3. The molecule has 0 atom stereocenters. The summed E-state index contributed by atoms with van der Waals surface area (Å²) in [5.74, 6) is 0. The van der Waals surface area contributed by atoms with Gasteiger partial charge >= 0.3 is 0 Å². The van der Waals surface area contributed by atoms with Crippen molar-refractivity contribution >= 4 is 51.9 Å². The van der Waals surface area contributed by atoms with E-state index in [2.05, 4.69) is 46.8 Å².